The van der Waals surface area contributed by atoms with E-state index in [4.69, 9.17) is 5.11 Å². The maximum Gasteiger partial charge on any atom is 0.335 e. The molecule has 0 radical (unpaired) electrons. The SMILES string of the molecule is CC[C@@H](C)NC(=O)Cn1cnc2cc(C(=O)O)ccc2c1=O. The minimum Gasteiger partial charge on any atom is -0.478 e. The summed E-state index contributed by atoms with van der Waals surface area (Å²) < 4.78 is 1.21. The number of aromatic carboxylic acids is 1. The predicted molar refractivity (Wildman–Crippen MR) is 80.9 cm³/mol. The zero-order valence-corrected chi connectivity index (χ0v) is 12.4. The standard InChI is InChI=1S/C15H17N3O4/c1-3-9(2)17-13(19)7-18-8-16-12-6-10(15(21)22)4-5-11(12)14(18)20/h4-6,8-9H,3,7H2,1-2H3,(H,17,19)(H,21,22)/t9-/m1/s1. The topological polar surface area (TPSA) is 101 Å². The van der Waals surface area contributed by atoms with Gasteiger partial charge in [-0.1, -0.05) is 6.92 Å². The first-order chi connectivity index (χ1) is 10.4. The number of aromatic nitrogens is 2. The van der Waals surface area contributed by atoms with Crippen LogP contribution in [0.4, 0.5) is 0 Å². The molecule has 2 aromatic rings. The van der Waals surface area contributed by atoms with Gasteiger partial charge in [-0.2, -0.15) is 0 Å². The molecule has 1 aromatic carbocycles. The molecule has 0 aliphatic rings. The lowest BCUT2D eigenvalue weighted by molar-refractivity contribution is -0.122. The van der Waals surface area contributed by atoms with E-state index in [1.165, 1.54) is 29.1 Å². The fourth-order valence-electron chi connectivity index (χ4n) is 1.98. The van der Waals surface area contributed by atoms with Crippen LogP contribution in [0.1, 0.15) is 30.6 Å². The molecule has 116 valence electrons. The van der Waals surface area contributed by atoms with Gasteiger partial charge in [0.1, 0.15) is 6.54 Å². The second-order valence-corrected chi connectivity index (χ2v) is 5.09. The van der Waals surface area contributed by atoms with Crippen LogP contribution >= 0.6 is 0 Å². The second-order valence-electron chi connectivity index (χ2n) is 5.09. The molecule has 0 saturated carbocycles. The second kappa shape index (κ2) is 6.38. The van der Waals surface area contributed by atoms with Crippen LogP contribution in [-0.4, -0.2) is 32.6 Å². The molecule has 2 N–H and O–H groups in total. The Morgan fingerprint density at radius 2 is 2.14 bits per heavy atom. The van der Waals surface area contributed by atoms with Crippen LogP contribution in [0.25, 0.3) is 10.9 Å². The van der Waals surface area contributed by atoms with Gasteiger partial charge in [0.2, 0.25) is 5.91 Å². The van der Waals surface area contributed by atoms with Gasteiger partial charge >= 0.3 is 5.97 Å². The largest absolute Gasteiger partial charge is 0.478 e. The van der Waals surface area contributed by atoms with Crippen molar-refractivity contribution in [1.29, 1.82) is 0 Å². The number of fused-ring (bicyclic) bond motifs is 1. The summed E-state index contributed by atoms with van der Waals surface area (Å²) in [5.74, 6) is -1.35. The number of nitrogens with one attached hydrogen (secondary N) is 1. The van der Waals surface area contributed by atoms with Crippen LogP contribution in [0.15, 0.2) is 29.3 Å². The highest BCUT2D eigenvalue weighted by molar-refractivity contribution is 5.92. The van der Waals surface area contributed by atoms with Crippen LogP contribution < -0.4 is 10.9 Å². The number of hydrogen-bond acceptors (Lipinski definition) is 4. The van der Waals surface area contributed by atoms with Gasteiger partial charge in [0.15, 0.2) is 0 Å². The summed E-state index contributed by atoms with van der Waals surface area (Å²) in [6.07, 6.45) is 2.06. The Bertz CT molecular complexity index is 782. The number of nitrogens with zero attached hydrogens (tertiary/aromatic N) is 2. The Balaban J connectivity index is 2.31. The first-order valence-corrected chi connectivity index (χ1v) is 6.94. The van der Waals surface area contributed by atoms with Crippen molar-refractivity contribution in [3.8, 4) is 0 Å². The van der Waals surface area contributed by atoms with E-state index in [9.17, 15) is 14.4 Å². The molecule has 0 unspecified atom stereocenters. The quantitative estimate of drug-likeness (QED) is 0.858. The molecular weight excluding hydrogens is 286 g/mol. The lowest BCUT2D eigenvalue weighted by Gasteiger charge is -2.12. The van der Waals surface area contributed by atoms with Gasteiger partial charge in [0.25, 0.3) is 5.56 Å². The van der Waals surface area contributed by atoms with E-state index >= 15 is 0 Å². The van der Waals surface area contributed by atoms with Gasteiger partial charge in [0, 0.05) is 6.04 Å². The Hall–Kier alpha value is -2.70. The van der Waals surface area contributed by atoms with Crippen molar-refractivity contribution in [2.45, 2.75) is 32.9 Å². The molecule has 22 heavy (non-hydrogen) atoms. The number of carboxylic acids is 1. The van der Waals surface area contributed by atoms with E-state index in [0.717, 1.165) is 6.42 Å². The molecule has 1 heterocycles. The minimum atomic E-state index is -1.08. The van der Waals surface area contributed by atoms with Crippen molar-refractivity contribution in [3.05, 3.63) is 40.4 Å². The Labute approximate surface area is 126 Å². The van der Waals surface area contributed by atoms with E-state index in [2.05, 4.69) is 10.3 Å². The summed E-state index contributed by atoms with van der Waals surface area (Å²) in [5, 5.41) is 12.0. The molecule has 0 spiro atoms. The number of carbonyl (C=O) groups excluding carboxylic acids is 1. The maximum absolute atomic E-state index is 12.3. The van der Waals surface area contributed by atoms with Gasteiger partial charge in [-0.05, 0) is 31.5 Å². The lowest BCUT2D eigenvalue weighted by Crippen LogP contribution is -2.37. The normalized spacial score (nSPS) is 12.1. The molecule has 1 amide bonds. The zero-order chi connectivity index (χ0) is 16.3. The first kappa shape index (κ1) is 15.7. The number of hydrogen-bond donors (Lipinski definition) is 2. The summed E-state index contributed by atoms with van der Waals surface area (Å²) in [6, 6.07) is 4.13. The predicted octanol–water partition coefficient (Wildman–Crippen LogP) is 1.01. The minimum absolute atomic E-state index is 0.0368. The average molecular weight is 303 g/mol. The smallest absolute Gasteiger partial charge is 0.335 e. The monoisotopic (exact) mass is 303 g/mol. The summed E-state index contributed by atoms with van der Waals surface area (Å²) in [4.78, 5) is 39.1. The van der Waals surface area contributed by atoms with Crippen LogP contribution in [0.3, 0.4) is 0 Å². The Kier molecular flexibility index (Phi) is 4.55. The molecule has 2 rings (SSSR count). The van der Waals surface area contributed by atoms with Crippen LogP contribution in [0.5, 0.6) is 0 Å². The van der Waals surface area contributed by atoms with E-state index in [0.29, 0.717) is 5.52 Å². The van der Waals surface area contributed by atoms with E-state index in [1.54, 1.807) is 0 Å². The molecule has 0 aliphatic heterocycles. The third-order valence-electron chi connectivity index (χ3n) is 3.41. The zero-order valence-electron chi connectivity index (χ0n) is 12.4. The fraction of sp³-hybridized carbons (Fsp3) is 0.333. The van der Waals surface area contributed by atoms with Crippen LogP contribution in [-0.2, 0) is 11.3 Å². The molecule has 7 heteroatoms. The van der Waals surface area contributed by atoms with Crippen molar-refractivity contribution < 1.29 is 14.7 Å². The van der Waals surface area contributed by atoms with E-state index in [1.807, 2.05) is 13.8 Å². The third-order valence-corrected chi connectivity index (χ3v) is 3.41. The molecule has 0 fully saturated rings. The summed E-state index contributed by atoms with van der Waals surface area (Å²) in [5.41, 5.74) is -0.0172. The summed E-state index contributed by atoms with van der Waals surface area (Å²) in [6.45, 7) is 3.72. The van der Waals surface area contributed by atoms with Crippen LogP contribution in [0, 0.1) is 0 Å². The average Bonchev–Trinajstić information content (AvgIpc) is 2.49. The molecule has 7 nitrogen and oxygen atoms in total. The van der Waals surface area contributed by atoms with Gasteiger partial charge in [-0.15, -0.1) is 0 Å². The number of amides is 1. The van der Waals surface area contributed by atoms with E-state index in [-0.39, 0.29) is 35.0 Å². The molecular formula is C15H17N3O4. The molecule has 0 saturated heterocycles. The van der Waals surface area contributed by atoms with Crippen molar-refractivity contribution in [3.63, 3.8) is 0 Å². The Morgan fingerprint density at radius 3 is 2.77 bits per heavy atom. The van der Waals surface area contributed by atoms with Gasteiger partial charge < -0.3 is 10.4 Å². The van der Waals surface area contributed by atoms with E-state index < -0.39 is 5.97 Å². The van der Waals surface area contributed by atoms with Crippen molar-refractivity contribution in [1.82, 2.24) is 14.9 Å². The number of rotatable bonds is 5. The van der Waals surface area contributed by atoms with Crippen molar-refractivity contribution in [2.75, 3.05) is 0 Å². The molecule has 0 bridgehead atoms. The highest BCUT2D eigenvalue weighted by Crippen LogP contribution is 2.10. The maximum atomic E-state index is 12.3. The van der Waals surface area contributed by atoms with Crippen molar-refractivity contribution >= 4 is 22.8 Å². The van der Waals surface area contributed by atoms with Gasteiger partial charge in [0.05, 0.1) is 22.8 Å². The highest BCUT2D eigenvalue weighted by atomic mass is 16.4. The van der Waals surface area contributed by atoms with Crippen LogP contribution in [0.2, 0.25) is 0 Å². The van der Waals surface area contributed by atoms with Crippen molar-refractivity contribution in [2.24, 2.45) is 0 Å². The molecule has 1 aromatic heterocycles. The number of carbonyl (C=O) groups is 2. The highest BCUT2D eigenvalue weighted by Gasteiger charge is 2.11. The number of benzene rings is 1. The number of carboxylic acid groups (broad SMARTS) is 1. The molecule has 1 atom stereocenters. The fourth-order valence-corrected chi connectivity index (χ4v) is 1.98. The summed E-state index contributed by atoms with van der Waals surface area (Å²) in [7, 11) is 0. The Morgan fingerprint density at radius 1 is 1.41 bits per heavy atom. The lowest BCUT2D eigenvalue weighted by atomic mass is 10.1. The van der Waals surface area contributed by atoms with Gasteiger partial charge in [-0.3, -0.25) is 14.2 Å². The van der Waals surface area contributed by atoms with Gasteiger partial charge in [-0.25, -0.2) is 9.78 Å². The first-order valence-electron chi connectivity index (χ1n) is 6.94. The summed E-state index contributed by atoms with van der Waals surface area (Å²) >= 11 is 0. The third kappa shape index (κ3) is 3.30. The molecule has 0 aliphatic carbocycles.